The monoisotopic (exact) mass is 351 g/mol. The fraction of sp³-hybridized carbons (Fsp3) is 0.438. The Morgan fingerprint density at radius 2 is 2.25 bits per heavy atom. The van der Waals surface area contributed by atoms with E-state index in [0.717, 1.165) is 33.2 Å². The van der Waals surface area contributed by atoms with E-state index in [1.165, 1.54) is 19.3 Å². The summed E-state index contributed by atoms with van der Waals surface area (Å²) in [5.74, 6) is 0. The summed E-state index contributed by atoms with van der Waals surface area (Å²) >= 11 is 5.13. The number of fused-ring (bicyclic) bond motifs is 1. The Morgan fingerprint density at radius 1 is 1.40 bits per heavy atom. The normalized spacial score (nSPS) is 19.5. The fourth-order valence-corrected chi connectivity index (χ4v) is 4.30. The third-order valence-electron chi connectivity index (χ3n) is 4.12. The van der Waals surface area contributed by atoms with E-state index in [0.29, 0.717) is 6.04 Å². The summed E-state index contributed by atoms with van der Waals surface area (Å²) in [4.78, 5) is 15.1. The molecule has 0 unspecified atom stereocenters. The van der Waals surface area contributed by atoms with E-state index in [-0.39, 0.29) is 5.43 Å². The zero-order chi connectivity index (χ0) is 14.1. The van der Waals surface area contributed by atoms with E-state index in [2.05, 4.69) is 27.8 Å². The van der Waals surface area contributed by atoms with Crippen molar-refractivity contribution in [3.05, 3.63) is 38.3 Å². The second-order valence-corrected chi connectivity index (χ2v) is 7.17. The molecule has 20 heavy (non-hydrogen) atoms. The van der Waals surface area contributed by atoms with Crippen molar-refractivity contribution in [1.29, 1.82) is 0 Å². The quantitative estimate of drug-likeness (QED) is 0.774. The molecule has 0 radical (unpaired) electrons. The first kappa shape index (κ1) is 14.1. The van der Waals surface area contributed by atoms with Crippen LogP contribution in [0.15, 0.2) is 32.8 Å². The number of hydrogen-bond acceptors (Lipinski definition) is 3. The van der Waals surface area contributed by atoms with Crippen LogP contribution in [0.5, 0.6) is 0 Å². The van der Waals surface area contributed by atoms with E-state index in [1.54, 1.807) is 11.3 Å². The van der Waals surface area contributed by atoms with E-state index in [4.69, 9.17) is 0 Å². The molecule has 2 aromatic rings. The van der Waals surface area contributed by atoms with Crippen LogP contribution in [0, 0.1) is 0 Å². The van der Waals surface area contributed by atoms with Gasteiger partial charge in [-0.2, -0.15) is 0 Å². The van der Waals surface area contributed by atoms with Gasteiger partial charge < -0.3 is 4.90 Å². The van der Waals surface area contributed by atoms with Crippen molar-refractivity contribution < 1.29 is 0 Å². The molecule has 3 rings (SSSR count). The Balaban J connectivity index is 2.11. The van der Waals surface area contributed by atoms with Gasteiger partial charge >= 0.3 is 0 Å². The molecule has 0 bridgehead atoms. The Labute approximate surface area is 131 Å². The van der Waals surface area contributed by atoms with Crippen molar-refractivity contribution in [2.45, 2.75) is 38.6 Å². The van der Waals surface area contributed by atoms with Crippen molar-refractivity contribution in [1.82, 2.24) is 0 Å². The maximum absolute atomic E-state index is 12.8. The van der Waals surface area contributed by atoms with Gasteiger partial charge in [0.25, 0.3) is 0 Å². The molecule has 1 atom stereocenters. The second kappa shape index (κ2) is 5.86. The first-order valence-corrected chi connectivity index (χ1v) is 8.85. The lowest BCUT2D eigenvalue weighted by Crippen LogP contribution is -2.41. The fourth-order valence-electron chi connectivity index (χ4n) is 3.03. The molecule has 1 aliphatic heterocycles. The molecule has 1 aromatic carbocycles. The average Bonchev–Trinajstić information content (AvgIpc) is 2.48. The van der Waals surface area contributed by atoms with Crippen LogP contribution >= 0.6 is 27.3 Å². The van der Waals surface area contributed by atoms with E-state index in [1.807, 2.05) is 23.6 Å². The first-order valence-electron chi connectivity index (χ1n) is 7.18. The molecular formula is C16H18BrNOS. The van der Waals surface area contributed by atoms with Crippen LogP contribution in [0.3, 0.4) is 0 Å². The SMILES string of the molecule is CC[C@@H]1CCCCN1c1csc2ccc(Br)cc2c1=O. The highest BCUT2D eigenvalue weighted by molar-refractivity contribution is 9.10. The number of halogens is 1. The van der Waals surface area contributed by atoms with Crippen molar-refractivity contribution in [3.8, 4) is 0 Å². The largest absolute Gasteiger partial charge is 0.365 e. The van der Waals surface area contributed by atoms with Crippen molar-refractivity contribution in [2.75, 3.05) is 11.4 Å². The van der Waals surface area contributed by atoms with E-state index >= 15 is 0 Å². The molecule has 1 saturated heterocycles. The lowest BCUT2D eigenvalue weighted by atomic mass is 9.99. The van der Waals surface area contributed by atoms with Gasteiger partial charge in [-0.3, -0.25) is 4.79 Å². The Kier molecular flexibility index (Phi) is 4.13. The molecule has 1 fully saturated rings. The lowest BCUT2D eigenvalue weighted by Gasteiger charge is -2.36. The maximum Gasteiger partial charge on any atom is 0.211 e. The zero-order valence-electron chi connectivity index (χ0n) is 11.6. The number of anilines is 1. The maximum atomic E-state index is 12.8. The van der Waals surface area contributed by atoms with Crippen LogP contribution in [-0.2, 0) is 0 Å². The van der Waals surface area contributed by atoms with Crippen molar-refractivity contribution in [3.63, 3.8) is 0 Å². The third-order valence-corrected chi connectivity index (χ3v) is 5.57. The first-order chi connectivity index (χ1) is 9.70. The van der Waals surface area contributed by atoms with Gasteiger partial charge in [0.05, 0.1) is 5.69 Å². The summed E-state index contributed by atoms with van der Waals surface area (Å²) in [6.07, 6.45) is 4.79. The summed E-state index contributed by atoms with van der Waals surface area (Å²) in [5, 5.41) is 2.88. The highest BCUT2D eigenvalue weighted by Gasteiger charge is 2.23. The molecule has 0 N–H and O–H groups in total. The number of benzene rings is 1. The molecule has 0 amide bonds. The van der Waals surface area contributed by atoms with Gasteiger partial charge in [-0.25, -0.2) is 0 Å². The standard InChI is InChI=1S/C16H18BrNOS/c1-2-12-5-3-4-8-18(12)14-10-20-15-7-6-11(17)9-13(15)16(14)19/h6-7,9-10,12H,2-5,8H2,1H3/t12-/m1/s1. The number of hydrogen-bond donors (Lipinski definition) is 0. The van der Waals surface area contributed by atoms with E-state index < -0.39 is 0 Å². The minimum absolute atomic E-state index is 0.181. The Morgan fingerprint density at radius 3 is 3.05 bits per heavy atom. The van der Waals surface area contributed by atoms with E-state index in [9.17, 15) is 4.79 Å². The van der Waals surface area contributed by atoms with Crippen LogP contribution in [-0.4, -0.2) is 12.6 Å². The molecule has 4 heteroatoms. The molecule has 2 nitrogen and oxygen atoms in total. The third kappa shape index (κ3) is 2.51. The summed E-state index contributed by atoms with van der Waals surface area (Å²) < 4.78 is 2.03. The van der Waals surface area contributed by atoms with Gasteiger partial charge in [-0.1, -0.05) is 22.9 Å². The molecule has 2 heterocycles. The molecule has 1 aliphatic rings. The average molecular weight is 352 g/mol. The number of nitrogens with zero attached hydrogens (tertiary/aromatic N) is 1. The van der Waals surface area contributed by atoms with Crippen molar-refractivity contribution in [2.24, 2.45) is 0 Å². The highest BCUT2D eigenvalue weighted by atomic mass is 79.9. The van der Waals surface area contributed by atoms with Gasteiger partial charge in [0.1, 0.15) is 0 Å². The topological polar surface area (TPSA) is 20.3 Å². The molecule has 1 aromatic heterocycles. The number of piperidine rings is 1. The minimum Gasteiger partial charge on any atom is -0.365 e. The predicted octanol–water partition coefficient (Wildman–Crippen LogP) is 4.79. The lowest BCUT2D eigenvalue weighted by molar-refractivity contribution is 0.449. The van der Waals surface area contributed by atoms with Gasteiger partial charge in [0.15, 0.2) is 0 Å². The van der Waals surface area contributed by atoms with Gasteiger partial charge in [-0.15, -0.1) is 11.3 Å². The second-order valence-electron chi connectivity index (χ2n) is 5.34. The summed E-state index contributed by atoms with van der Waals surface area (Å²) in [7, 11) is 0. The smallest absolute Gasteiger partial charge is 0.211 e. The summed E-state index contributed by atoms with van der Waals surface area (Å²) in [5.41, 5.74) is 1.08. The van der Waals surface area contributed by atoms with Gasteiger partial charge in [0.2, 0.25) is 5.43 Å². The molecule has 0 aliphatic carbocycles. The molecule has 106 valence electrons. The predicted molar refractivity (Wildman–Crippen MR) is 91.1 cm³/mol. The van der Waals surface area contributed by atoms with Crippen LogP contribution in [0.2, 0.25) is 0 Å². The van der Waals surface area contributed by atoms with Gasteiger partial charge in [0, 0.05) is 32.5 Å². The van der Waals surface area contributed by atoms with Crippen LogP contribution < -0.4 is 10.3 Å². The van der Waals surface area contributed by atoms with Crippen LogP contribution in [0.1, 0.15) is 32.6 Å². The van der Waals surface area contributed by atoms with Crippen molar-refractivity contribution >= 4 is 43.0 Å². The summed E-state index contributed by atoms with van der Waals surface area (Å²) in [6, 6.07) is 6.48. The molecule has 0 saturated carbocycles. The number of rotatable bonds is 2. The zero-order valence-corrected chi connectivity index (χ0v) is 14.0. The Hall–Kier alpha value is -0.870. The summed E-state index contributed by atoms with van der Waals surface area (Å²) in [6.45, 7) is 3.23. The Bertz CT molecular complexity index is 682. The van der Waals surface area contributed by atoms with Crippen LogP contribution in [0.4, 0.5) is 5.69 Å². The minimum atomic E-state index is 0.181. The molecular weight excluding hydrogens is 334 g/mol. The molecule has 0 spiro atoms. The van der Waals surface area contributed by atoms with Gasteiger partial charge in [-0.05, 0) is 43.9 Å². The highest BCUT2D eigenvalue weighted by Crippen LogP contribution is 2.28. The van der Waals surface area contributed by atoms with Crippen LogP contribution in [0.25, 0.3) is 10.1 Å².